The van der Waals surface area contributed by atoms with Gasteiger partial charge < -0.3 is 10.2 Å². The van der Waals surface area contributed by atoms with Crippen LogP contribution >= 0.6 is 39.1 Å². The average Bonchev–Trinajstić information content (AvgIpc) is 2.99. The summed E-state index contributed by atoms with van der Waals surface area (Å²) in [7, 11) is -2.72. The molecule has 0 radical (unpaired) electrons. The number of hydrogen-bond donors (Lipinski definition) is 1. The molecule has 0 heterocycles. The molecule has 0 aliphatic heterocycles. The quantitative estimate of drug-likeness (QED) is 0.199. The Bertz CT molecular complexity index is 1660. The Labute approximate surface area is 264 Å². The van der Waals surface area contributed by atoms with Crippen molar-refractivity contribution in [1.29, 1.82) is 0 Å². The van der Waals surface area contributed by atoms with E-state index in [0.29, 0.717) is 0 Å². The molecule has 0 aromatic heterocycles. The van der Waals surface area contributed by atoms with Gasteiger partial charge in [0.1, 0.15) is 12.6 Å². The van der Waals surface area contributed by atoms with Crippen molar-refractivity contribution in [2.24, 2.45) is 0 Å². The molecule has 0 fully saturated rings. The molecule has 0 unspecified atom stereocenters. The van der Waals surface area contributed by atoms with Gasteiger partial charge in [-0.25, -0.2) is 8.42 Å². The molecular formula is C31H28BrCl2N3O4S. The molecule has 4 aromatic rings. The fraction of sp³-hybridized carbons (Fsp3) is 0.161. The Balaban J connectivity index is 1.80. The largest absolute Gasteiger partial charge is 0.357 e. The highest BCUT2D eigenvalue weighted by Crippen LogP contribution is 2.31. The van der Waals surface area contributed by atoms with E-state index in [1.54, 1.807) is 18.2 Å². The van der Waals surface area contributed by atoms with Crippen LogP contribution in [-0.4, -0.2) is 44.8 Å². The number of nitrogens with zero attached hydrogens (tertiary/aromatic N) is 2. The van der Waals surface area contributed by atoms with Crippen LogP contribution in [0.5, 0.6) is 0 Å². The highest BCUT2D eigenvalue weighted by Gasteiger charge is 2.34. The van der Waals surface area contributed by atoms with E-state index < -0.39 is 28.5 Å². The van der Waals surface area contributed by atoms with Gasteiger partial charge in [0.25, 0.3) is 10.0 Å². The van der Waals surface area contributed by atoms with Gasteiger partial charge in [-0.15, -0.1) is 0 Å². The van der Waals surface area contributed by atoms with Crippen LogP contribution in [0.4, 0.5) is 5.69 Å². The number of nitrogens with one attached hydrogen (secondary N) is 1. The van der Waals surface area contributed by atoms with Gasteiger partial charge in [-0.05, 0) is 53.6 Å². The zero-order valence-electron chi connectivity index (χ0n) is 22.6. The summed E-state index contributed by atoms with van der Waals surface area (Å²) in [6, 6.07) is 27.9. The molecule has 0 saturated carbocycles. The van der Waals surface area contributed by atoms with E-state index in [-0.39, 0.29) is 39.5 Å². The predicted molar refractivity (Wildman–Crippen MR) is 170 cm³/mol. The van der Waals surface area contributed by atoms with Crippen LogP contribution in [0.3, 0.4) is 0 Å². The van der Waals surface area contributed by atoms with Crippen molar-refractivity contribution in [3.8, 4) is 0 Å². The molecule has 1 atom stereocenters. The lowest BCUT2D eigenvalue weighted by molar-refractivity contribution is -0.139. The molecule has 2 amide bonds. The second-order valence-electron chi connectivity index (χ2n) is 9.39. The van der Waals surface area contributed by atoms with Crippen LogP contribution in [0.15, 0.2) is 112 Å². The second-order valence-corrected chi connectivity index (χ2v) is 13.0. The summed E-state index contributed by atoms with van der Waals surface area (Å²) in [6.07, 6.45) is 0.221. The van der Waals surface area contributed by atoms with Crippen molar-refractivity contribution in [1.82, 2.24) is 10.2 Å². The van der Waals surface area contributed by atoms with Crippen LogP contribution in [-0.2, 0) is 32.6 Å². The number of likely N-dealkylation sites (N-methyl/N-ethyl adjacent to an activating group) is 1. The first kappa shape index (κ1) is 31.6. The fourth-order valence-corrected chi connectivity index (χ4v) is 6.61. The third-order valence-electron chi connectivity index (χ3n) is 6.56. The number of carbonyl (C=O) groups excluding carboxylic acids is 2. The molecule has 1 N–H and O–H groups in total. The number of rotatable bonds is 11. The summed E-state index contributed by atoms with van der Waals surface area (Å²) < 4.78 is 29.7. The van der Waals surface area contributed by atoms with Crippen LogP contribution < -0.4 is 9.62 Å². The monoisotopic (exact) mass is 687 g/mol. The lowest BCUT2D eigenvalue weighted by Gasteiger charge is -2.33. The predicted octanol–water partition coefficient (Wildman–Crippen LogP) is 6.34. The summed E-state index contributed by atoms with van der Waals surface area (Å²) in [4.78, 5) is 29.0. The van der Waals surface area contributed by atoms with Crippen LogP contribution in [0.1, 0.15) is 11.1 Å². The number of anilines is 1. The molecule has 0 saturated heterocycles. The van der Waals surface area contributed by atoms with Crippen molar-refractivity contribution in [2.45, 2.75) is 23.9 Å². The number of halogens is 3. The van der Waals surface area contributed by atoms with Crippen molar-refractivity contribution < 1.29 is 18.0 Å². The van der Waals surface area contributed by atoms with Crippen LogP contribution in [0.2, 0.25) is 10.0 Å². The van der Waals surface area contributed by atoms with E-state index in [9.17, 15) is 18.0 Å². The first-order chi connectivity index (χ1) is 20.1. The highest BCUT2D eigenvalue weighted by atomic mass is 79.9. The minimum absolute atomic E-state index is 0.00505. The Kier molecular flexibility index (Phi) is 10.7. The highest BCUT2D eigenvalue weighted by molar-refractivity contribution is 9.10. The van der Waals surface area contributed by atoms with Gasteiger partial charge in [0.05, 0.1) is 20.6 Å². The maximum Gasteiger partial charge on any atom is 0.264 e. The molecule has 7 nitrogen and oxygen atoms in total. The molecule has 4 aromatic carbocycles. The maximum atomic E-state index is 14.3. The molecule has 0 aliphatic carbocycles. The normalized spacial score (nSPS) is 11.9. The molecule has 0 spiro atoms. The summed E-state index contributed by atoms with van der Waals surface area (Å²) in [5, 5.41) is 3.04. The van der Waals surface area contributed by atoms with Gasteiger partial charge in [-0.1, -0.05) is 99.8 Å². The molecule has 0 aliphatic rings. The summed E-state index contributed by atoms with van der Waals surface area (Å²) >= 11 is 15.9. The van der Waals surface area contributed by atoms with E-state index in [1.807, 2.05) is 54.6 Å². The minimum atomic E-state index is -4.23. The van der Waals surface area contributed by atoms with E-state index in [4.69, 9.17) is 23.2 Å². The summed E-state index contributed by atoms with van der Waals surface area (Å²) in [6.45, 7) is -0.532. The van der Waals surface area contributed by atoms with Gasteiger partial charge in [-0.3, -0.25) is 13.9 Å². The number of hydrogen-bond acceptors (Lipinski definition) is 4. The zero-order chi connectivity index (χ0) is 30.3. The zero-order valence-corrected chi connectivity index (χ0v) is 26.5. The number of sulfonamides is 1. The Morgan fingerprint density at radius 3 is 2.10 bits per heavy atom. The molecular weight excluding hydrogens is 661 g/mol. The van der Waals surface area contributed by atoms with E-state index in [0.717, 1.165) is 19.9 Å². The van der Waals surface area contributed by atoms with E-state index >= 15 is 0 Å². The lowest BCUT2D eigenvalue weighted by atomic mass is 10.0. The first-order valence-electron chi connectivity index (χ1n) is 12.9. The standard InChI is InChI=1S/C31H28BrCl2N3O4S/c1-35-31(39)29(18-22-9-4-2-5-10-22)36(20-23-11-8-12-24(32)17-23)30(38)21-37(25-15-16-27(33)28(34)19-25)42(40,41)26-13-6-3-7-14-26/h2-17,19,29H,18,20-21H2,1H3,(H,35,39)/t29-/m0/s1. The molecule has 11 heteroatoms. The molecule has 42 heavy (non-hydrogen) atoms. The molecule has 218 valence electrons. The number of amides is 2. The summed E-state index contributed by atoms with van der Waals surface area (Å²) in [5.74, 6) is -0.959. The topological polar surface area (TPSA) is 86.8 Å². The van der Waals surface area contributed by atoms with Gasteiger partial charge in [0.15, 0.2) is 0 Å². The fourth-order valence-electron chi connectivity index (χ4n) is 4.44. The Hall–Kier alpha value is -3.37. The number of benzene rings is 4. The maximum absolute atomic E-state index is 14.3. The molecule has 0 bridgehead atoms. The SMILES string of the molecule is CNC(=O)[C@H](Cc1ccccc1)N(Cc1cccc(Br)c1)C(=O)CN(c1ccc(Cl)c(Cl)c1)S(=O)(=O)c1ccccc1. The van der Waals surface area contributed by atoms with Gasteiger partial charge >= 0.3 is 0 Å². The van der Waals surface area contributed by atoms with Crippen molar-refractivity contribution >= 4 is 66.7 Å². The lowest BCUT2D eigenvalue weighted by Crippen LogP contribution is -2.53. The molecule has 4 rings (SSSR count). The third-order valence-corrected chi connectivity index (χ3v) is 9.58. The Morgan fingerprint density at radius 1 is 0.833 bits per heavy atom. The van der Waals surface area contributed by atoms with Gasteiger partial charge in [0, 0.05) is 24.5 Å². The first-order valence-corrected chi connectivity index (χ1v) is 15.9. The smallest absolute Gasteiger partial charge is 0.264 e. The van der Waals surface area contributed by atoms with Crippen molar-refractivity contribution in [3.05, 3.63) is 129 Å². The van der Waals surface area contributed by atoms with Crippen LogP contribution in [0, 0.1) is 0 Å². The average molecular weight is 689 g/mol. The van der Waals surface area contributed by atoms with E-state index in [1.165, 1.54) is 42.3 Å². The number of carbonyl (C=O) groups is 2. The minimum Gasteiger partial charge on any atom is -0.357 e. The van der Waals surface area contributed by atoms with Crippen molar-refractivity contribution in [2.75, 3.05) is 17.9 Å². The van der Waals surface area contributed by atoms with Gasteiger partial charge in [-0.2, -0.15) is 0 Å². The van der Waals surface area contributed by atoms with Crippen molar-refractivity contribution in [3.63, 3.8) is 0 Å². The van der Waals surface area contributed by atoms with E-state index in [2.05, 4.69) is 21.2 Å². The van der Waals surface area contributed by atoms with Gasteiger partial charge in [0.2, 0.25) is 11.8 Å². The third kappa shape index (κ3) is 7.72. The van der Waals surface area contributed by atoms with Crippen LogP contribution in [0.25, 0.3) is 0 Å². The Morgan fingerprint density at radius 2 is 1.48 bits per heavy atom. The second kappa shape index (κ2) is 14.2. The summed E-state index contributed by atoms with van der Waals surface area (Å²) in [5.41, 5.74) is 1.76.